The molecule has 2 amide bonds. The molecule has 1 aliphatic rings. The van der Waals surface area contributed by atoms with Gasteiger partial charge in [0.15, 0.2) is 0 Å². The van der Waals surface area contributed by atoms with Gasteiger partial charge >= 0.3 is 0 Å². The largest absolute Gasteiger partial charge is 0.353 e. The number of rotatable bonds is 2. The van der Waals surface area contributed by atoms with Crippen molar-refractivity contribution < 1.29 is 9.59 Å². The Morgan fingerprint density at radius 1 is 1.28 bits per heavy atom. The van der Waals surface area contributed by atoms with Crippen LogP contribution in [0.3, 0.4) is 0 Å². The van der Waals surface area contributed by atoms with Gasteiger partial charge in [-0.15, -0.1) is 0 Å². The molecule has 1 N–H and O–H groups in total. The lowest BCUT2D eigenvalue weighted by Gasteiger charge is -2.34. The van der Waals surface area contributed by atoms with Crippen LogP contribution < -0.4 is 5.32 Å². The maximum atomic E-state index is 12.5. The first-order chi connectivity index (χ1) is 8.51. The minimum atomic E-state index is -0.598. The second-order valence-corrected chi connectivity index (χ2v) is 5.07. The van der Waals surface area contributed by atoms with Crippen LogP contribution in [0.15, 0.2) is 30.3 Å². The van der Waals surface area contributed by atoms with Crippen LogP contribution in [0.2, 0.25) is 0 Å². The summed E-state index contributed by atoms with van der Waals surface area (Å²) in [5.41, 5.74) is 0.375. The molecule has 0 bridgehead atoms. The second kappa shape index (κ2) is 4.80. The van der Waals surface area contributed by atoms with Gasteiger partial charge in [-0.25, -0.2) is 0 Å². The molecule has 96 valence electrons. The summed E-state index contributed by atoms with van der Waals surface area (Å²) in [6.45, 7) is 5.08. The molecule has 0 aliphatic carbocycles. The Kier molecular flexibility index (Phi) is 3.36. The summed E-state index contributed by atoms with van der Waals surface area (Å²) >= 11 is 0. The Hall–Kier alpha value is -1.84. The third kappa shape index (κ3) is 2.37. The molecule has 4 nitrogen and oxygen atoms in total. The van der Waals surface area contributed by atoms with Crippen LogP contribution in [0.1, 0.15) is 19.4 Å². The summed E-state index contributed by atoms with van der Waals surface area (Å²) in [4.78, 5) is 25.5. The third-order valence-electron chi connectivity index (χ3n) is 3.36. The maximum Gasteiger partial charge on any atom is 0.239 e. The van der Waals surface area contributed by atoms with E-state index in [9.17, 15) is 9.59 Å². The van der Waals surface area contributed by atoms with Crippen molar-refractivity contribution in [1.29, 1.82) is 0 Å². The predicted molar refractivity (Wildman–Crippen MR) is 69.1 cm³/mol. The van der Waals surface area contributed by atoms with Crippen LogP contribution in [0, 0.1) is 0 Å². The fourth-order valence-corrected chi connectivity index (χ4v) is 2.19. The molecule has 0 spiro atoms. The van der Waals surface area contributed by atoms with E-state index in [-0.39, 0.29) is 18.4 Å². The molecule has 1 aromatic rings. The fraction of sp³-hybridized carbons (Fsp3) is 0.429. The Morgan fingerprint density at radius 2 is 1.94 bits per heavy atom. The van der Waals surface area contributed by atoms with Crippen LogP contribution in [-0.2, 0) is 15.0 Å². The molecule has 1 aliphatic heterocycles. The highest BCUT2D eigenvalue weighted by atomic mass is 16.2. The molecule has 0 saturated carbocycles. The number of hydrogen-bond acceptors (Lipinski definition) is 2. The van der Waals surface area contributed by atoms with Gasteiger partial charge in [-0.2, -0.15) is 0 Å². The topological polar surface area (TPSA) is 49.4 Å². The van der Waals surface area contributed by atoms with Crippen LogP contribution in [0.4, 0.5) is 0 Å². The van der Waals surface area contributed by atoms with Crippen molar-refractivity contribution in [3.63, 3.8) is 0 Å². The zero-order valence-corrected chi connectivity index (χ0v) is 10.8. The maximum absolute atomic E-state index is 12.5. The van der Waals surface area contributed by atoms with E-state index in [2.05, 4.69) is 5.32 Å². The van der Waals surface area contributed by atoms with E-state index in [1.54, 1.807) is 4.90 Å². The lowest BCUT2D eigenvalue weighted by Crippen LogP contribution is -2.54. The quantitative estimate of drug-likeness (QED) is 0.843. The standard InChI is InChI=1S/C14H18N2O2/c1-14(2,11-6-4-3-5-7-11)13(18)16-9-8-15-12(17)10-16/h3-7H,8-10H2,1-2H3,(H,15,17). The first-order valence-electron chi connectivity index (χ1n) is 6.13. The Morgan fingerprint density at radius 3 is 2.56 bits per heavy atom. The molecule has 1 aromatic carbocycles. The number of hydrogen-bond donors (Lipinski definition) is 1. The van der Waals surface area contributed by atoms with Crippen molar-refractivity contribution in [1.82, 2.24) is 10.2 Å². The van der Waals surface area contributed by atoms with Gasteiger partial charge in [-0.05, 0) is 19.4 Å². The Labute approximate surface area is 107 Å². The van der Waals surface area contributed by atoms with Crippen molar-refractivity contribution >= 4 is 11.8 Å². The molecule has 0 radical (unpaired) electrons. The van der Waals surface area contributed by atoms with E-state index >= 15 is 0 Å². The van der Waals surface area contributed by atoms with E-state index in [0.717, 1.165) is 5.56 Å². The molecule has 2 rings (SSSR count). The molecule has 0 unspecified atom stereocenters. The first-order valence-corrected chi connectivity index (χ1v) is 6.13. The molecule has 1 fully saturated rings. The minimum Gasteiger partial charge on any atom is -0.353 e. The van der Waals surface area contributed by atoms with E-state index in [1.165, 1.54) is 0 Å². The number of nitrogens with one attached hydrogen (secondary N) is 1. The number of piperazine rings is 1. The summed E-state index contributed by atoms with van der Waals surface area (Å²) in [7, 11) is 0. The van der Waals surface area contributed by atoms with Crippen molar-refractivity contribution in [2.24, 2.45) is 0 Å². The Balaban J connectivity index is 2.19. The van der Waals surface area contributed by atoms with Gasteiger partial charge in [0.2, 0.25) is 11.8 Å². The summed E-state index contributed by atoms with van der Waals surface area (Å²) in [5, 5.41) is 2.73. The zero-order chi connectivity index (χ0) is 13.2. The third-order valence-corrected chi connectivity index (χ3v) is 3.36. The molecular formula is C14H18N2O2. The van der Waals surface area contributed by atoms with E-state index in [4.69, 9.17) is 0 Å². The monoisotopic (exact) mass is 246 g/mol. The number of nitrogens with zero attached hydrogens (tertiary/aromatic N) is 1. The first kappa shape index (κ1) is 12.6. The summed E-state index contributed by atoms with van der Waals surface area (Å²) in [6.07, 6.45) is 0. The van der Waals surface area contributed by atoms with E-state index in [0.29, 0.717) is 13.1 Å². The summed E-state index contributed by atoms with van der Waals surface area (Å²) in [6, 6.07) is 9.67. The van der Waals surface area contributed by atoms with Crippen LogP contribution >= 0.6 is 0 Å². The molecule has 4 heteroatoms. The second-order valence-electron chi connectivity index (χ2n) is 5.07. The van der Waals surface area contributed by atoms with Crippen LogP contribution in [0.25, 0.3) is 0 Å². The van der Waals surface area contributed by atoms with Gasteiger partial charge in [0.25, 0.3) is 0 Å². The van der Waals surface area contributed by atoms with Gasteiger partial charge < -0.3 is 10.2 Å². The van der Waals surface area contributed by atoms with Gasteiger partial charge in [0.05, 0.1) is 12.0 Å². The van der Waals surface area contributed by atoms with Gasteiger partial charge in [-0.1, -0.05) is 30.3 Å². The van der Waals surface area contributed by atoms with E-state index < -0.39 is 5.41 Å². The predicted octanol–water partition coefficient (Wildman–Crippen LogP) is 0.923. The number of benzene rings is 1. The lowest BCUT2D eigenvalue weighted by molar-refractivity contribution is -0.142. The van der Waals surface area contributed by atoms with Crippen LogP contribution in [0.5, 0.6) is 0 Å². The zero-order valence-electron chi connectivity index (χ0n) is 10.8. The highest BCUT2D eigenvalue weighted by molar-refractivity contribution is 5.91. The average Bonchev–Trinajstić information content (AvgIpc) is 2.39. The van der Waals surface area contributed by atoms with Gasteiger partial charge in [0, 0.05) is 13.1 Å². The van der Waals surface area contributed by atoms with Gasteiger partial charge in [0.1, 0.15) is 0 Å². The highest BCUT2D eigenvalue weighted by Crippen LogP contribution is 2.25. The SMILES string of the molecule is CC(C)(C(=O)N1CCNC(=O)C1)c1ccccc1. The summed E-state index contributed by atoms with van der Waals surface area (Å²) < 4.78 is 0. The average molecular weight is 246 g/mol. The Bertz CT molecular complexity index is 454. The molecule has 1 heterocycles. The summed E-state index contributed by atoms with van der Waals surface area (Å²) in [5.74, 6) is -0.0815. The minimum absolute atomic E-state index is 0.00329. The lowest BCUT2D eigenvalue weighted by atomic mass is 9.83. The molecule has 0 aromatic heterocycles. The fourth-order valence-electron chi connectivity index (χ4n) is 2.19. The van der Waals surface area contributed by atoms with Crippen molar-refractivity contribution in [3.8, 4) is 0 Å². The highest BCUT2D eigenvalue weighted by Gasteiger charge is 2.35. The smallest absolute Gasteiger partial charge is 0.239 e. The number of amides is 2. The molecular weight excluding hydrogens is 228 g/mol. The molecule has 1 saturated heterocycles. The van der Waals surface area contributed by atoms with Crippen molar-refractivity contribution in [3.05, 3.63) is 35.9 Å². The van der Waals surface area contributed by atoms with Gasteiger partial charge in [-0.3, -0.25) is 9.59 Å². The normalized spacial score (nSPS) is 16.3. The molecule has 18 heavy (non-hydrogen) atoms. The van der Waals surface area contributed by atoms with Crippen LogP contribution in [-0.4, -0.2) is 36.3 Å². The van der Waals surface area contributed by atoms with Crippen molar-refractivity contribution in [2.75, 3.05) is 19.6 Å². The van der Waals surface area contributed by atoms with Crippen molar-refractivity contribution in [2.45, 2.75) is 19.3 Å². The molecule has 0 atom stereocenters. The number of carbonyl (C=O) groups excluding carboxylic acids is 2. The number of carbonyl (C=O) groups is 2. The van der Waals surface area contributed by atoms with E-state index in [1.807, 2.05) is 44.2 Å².